The van der Waals surface area contributed by atoms with Crippen molar-refractivity contribution in [3.05, 3.63) is 35.9 Å². The lowest BCUT2D eigenvalue weighted by atomic mass is 10.0. The van der Waals surface area contributed by atoms with Crippen LogP contribution in [0.3, 0.4) is 0 Å². The monoisotopic (exact) mass is 266 g/mol. The molecule has 0 radical (unpaired) electrons. The van der Waals surface area contributed by atoms with E-state index in [0.717, 1.165) is 32.7 Å². The number of hydrogen-bond acceptors (Lipinski definition) is 4. The van der Waals surface area contributed by atoms with Crippen molar-refractivity contribution in [2.45, 2.75) is 12.5 Å². The van der Waals surface area contributed by atoms with Gasteiger partial charge in [0.05, 0.1) is 13.2 Å². The molecule has 1 aromatic carbocycles. The Morgan fingerprint density at radius 2 is 1.63 bits per heavy atom. The molecule has 0 fully saturated rings. The summed E-state index contributed by atoms with van der Waals surface area (Å²) in [5, 5.41) is 0. The number of methoxy groups -OCH3 is 2. The van der Waals surface area contributed by atoms with Crippen LogP contribution >= 0.6 is 0 Å². The van der Waals surface area contributed by atoms with Crippen LogP contribution < -0.4 is 5.73 Å². The van der Waals surface area contributed by atoms with Crippen molar-refractivity contribution in [2.75, 3.05) is 47.1 Å². The molecular weight excluding hydrogens is 240 g/mol. The topological polar surface area (TPSA) is 47.7 Å². The van der Waals surface area contributed by atoms with Crippen LogP contribution in [0.25, 0.3) is 0 Å². The standard InChI is InChI=1S/C15H26N2O2/c1-18-10-8-17(9-11-19-2)15(13-16)12-14-6-4-3-5-7-14/h3-7,15H,8-13,16H2,1-2H3. The van der Waals surface area contributed by atoms with E-state index in [0.29, 0.717) is 12.6 Å². The molecule has 1 atom stereocenters. The summed E-state index contributed by atoms with van der Waals surface area (Å²) in [7, 11) is 3.45. The van der Waals surface area contributed by atoms with Gasteiger partial charge in [-0.15, -0.1) is 0 Å². The van der Waals surface area contributed by atoms with Gasteiger partial charge in [0.15, 0.2) is 0 Å². The van der Waals surface area contributed by atoms with Crippen molar-refractivity contribution in [2.24, 2.45) is 5.73 Å². The quantitative estimate of drug-likeness (QED) is 0.690. The highest BCUT2D eigenvalue weighted by molar-refractivity contribution is 5.16. The number of nitrogens with zero attached hydrogens (tertiary/aromatic N) is 1. The fourth-order valence-corrected chi connectivity index (χ4v) is 2.14. The first-order valence-corrected chi connectivity index (χ1v) is 6.77. The molecule has 0 aliphatic heterocycles. The van der Waals surface area contributed by atoms with Crippen LogP contribution in [0.4, 0.5) is 0 Å². The third kappa shape index (κ3) is 6.16. The average Bonchev–Trinajstić information content (AvgIpc) is 2.46. The molecule has 1 rings (SSSR count). The van der Waals surface area contributed by atoms with Crippen molar-refractivity contribution in [1.82, 2.24) is 4.90 Å². The third-order valence-electron chi connectivity index (χ3n) is 3.27. The molecule has 4 heteroatoms. The Balaban J connectivity index is 2.60. The van der Waals surface area contributed by atoms with E-state index in [1.165, 1.54) is 5.56 Å². The Labute approximate surface area is 116 Å². The van der Waals surface area contributed by atoms with Gasteiger partial charge < -0.3 is 15.2 Å². The minimum atomic E-state index is 0.327. The second-order valence-electron chi connectivity index (χ2n) is 4.60. The van der Waals surface area contributed by atoms with E-state index >= 15 is 0 Å². The van der Waals surface area contributed by atoms with Crippen LogP contribution in [0, 0.1) is 0 Å². The highest BCUT2D eigenvalue weighted by Gasteiger charge is 2.17. The maximum absolute atomic E-state index is 5.94. The molecular formula is C15H26N2O2. The minimum absolute atomic E-state index is 0.327. The molecule has 2 N–H and O–H groups in total. The maximum atomic E-state index is 5.94. The van der Waals surface area contributed by atoms with Gasteiger partial charge in [0.2, 0.25) is 0 Å². The van der Waals surface area contributed by atoms with Crippen molar-refractivity contribution in [3.8, 4) is 0 Å². The summed E-state index contributed by atoms with van der Waals surface area (Å²) < 4.78 is 10.3. The molecule has 1 unspecified atom stereocenters. The Hall–Kier alpha value is -0.940. The van der Waals surface area contributed by atoms with Gasteiger partial charge in [0.25, 0.3) is 0 Å². The zero-order chi connectivity index (χ0) is 13.9. The van der Waals surface area contributed by atoms with Crippen LogP contribution in [0.5, 0.6) is 0 Å². The molecule has 0 saturated carbocycles. The average molecular weight is 266 g/mol. The number of nitrogens with two attached hydrogens (primary N) is 1. The summed E-state index contributed by atoms with van der Waals surface area (Å²) >= 11 is 0. The Morgan fingerprint density at radius 1 is 1.05 bits per heavy atom. The molecule has 0 aromatic heterocycles. The number of rotatable bonds is 10. The van der Waals surface area contributed by atoms with Gasteiger partial charge in [0, 0.05) is 39.9 Å². The zero-order valence-electron chi connectivity index (χ0n) is 12.0. The van der Waals surface area contributed by atoms with Gasteiger partial charge in [-0.25, -0.2) is 0 Å². The first-order valence-electron chi connectivity index (χ1n) is 6.77. The van der Waals surface area contributed by atoms with Gasteiger partial charge in [0.1, 0.15) is 0 Å². The lowest BCUT2D eigenvalue weighted by Gasteiger charge is -2.30. The van der Waals surface area contributed by atoms with Crippen LogP contribution in [-0.2, 0) is 15.9 Å². The molecule has 0 heterocycles. The fraction of sp³-hybridized carbons (Fsp3) is 0.600. The van der Waals surface area contributed by atoms with E-state index in [1.807, 2.05) is 6.07 Å². The van der Waals surface area contributed by atoms with Crippen molar-refractivity contribution >= 4 is 0 Å². The summed E-state index contributed by atoms with van der Waals surface area (Å²) in [6, 6.07) is 10.8. The van der Waals surface area contributed by atoms with E-state index in [-0.39, 0.29) is 0 Å². The van der Waals surface area contributed by atoms with Crippen molar-refractivity contribution in [1.29, 1.82) is 0 Å². The van der Waals surface area contributed by atoms with E-state index in [2.05, 4.69) is 29.2 Å². The Kier molecular flexibility index (Phi) is 8.41. The highest BCUT2D eigenvalue weighted by Crippen LogP contribution is 2.08. The number of benzene rings is 1. The zero-order valence-corrected chi connectivity index (χ0v) is 12.0. The van der Waals surface area contributed by atoms with Gasteiger partial charge in [-0.2, -0.15) is 0 Å². The largest absolute Gasteiger partial charge is 0.383 e. The lowest BCUT2D eigenvalue weighted by Crippen LogP contribution is -2.45. The van der Waals surface area contributed by atoms with Gasteiger partial charge >= 0.3 is 0 Å². The maximum Gasteiger partial charge on any atom is 0.0589 e. The summed E-state index contributed by atoms with van der Waals surface area (Å²) in [6.07, 6.45) is 0.963. The second kappa shape index (κ2) is 9.92. The number of hydrogen-bond donors (Lipinski definition) is 1. The third-order valence-corrected chi connectivity index (χ3v) is 3.27. The van der Waals surface area contributed by atoms with E-state index in [1.54, 1.807) is 14.2 Å². The van der Waals surface area contributed by atoms with E-state index in [4.69, 9.17) is 15.2 Å². The SMILES string of the molecule is COCCN(CCOC)C(CN)Cc1ccccc1. The molecule has 1 aromatic rings. The summed E-state index contributed by atoms with van der Waals surface area (Å²) in [4.78, 5) is 2.35. The second-order valence-corrected chi connectivity index (χ2v) is 4.60. The van der Waals surface area contributed by atoms with Crippen LogP contribution in [0.15, 0.2) is 30.3 Å². The molecule has 108 valence electrons. The Bertz CT molecular complexity index is 311. The molecule has 0 aliphatic carbocycles. The first kappa shape index (κ1) is 16.1. The normalized spacial score (nSPS) is 12.8. The smallest absolute Gasteiger partial charge is 0.0589 e. The fourth-order valence-electron chi connectivity index (χ4n) is 2.14. The predicted octanol–water partition coefficient (Wildman–Crippen LogP) is 1.15. The first-order chi connectivity index (χ1) is 9.31. The minimum Gasteiger partial charge on any atom is -0.383 e. The van der Waals surface area contributed by atoms with Gasteiger partial charge in [-0.3, -0.25) is 4.90 Å². The highest BCUT2D eigenvalue weighted by atomic mass is 16.5. The summed E-state index contributed by atoms with van der Waals surface area (Å²) in [5.41, 5.74) is 7.26. The molecule has 0 bridgehead atoms. The molecule has 0 amide bonds. The summed E-state index contributed by atoms with van der Waals surface area (Å²) in [6.45, 7) is 3.84. The molecule has 4 nitrogen and oxygen atoms in total. The predicted molar refractivity (Wildman–Crippen MR) is 78.3 cm³/mol. The van der Waals surface area contributed by atoms with Crippen molar-refractivity contribution < 1.29 is 9.47 Å². The molecule has 0 spiro atoms. The van der Waals surface area contributed by atoms with E-state index in [9.17, 15) is 0 Å². The lowest BCUT2D eigenvalue weighted by molar-refractivity contribution is 0.0891. The van der Waals surface area contributed by atoms with Crippen molar-refractivity contribution in [3.63, 3.8) is 0 Å². The number of ether oxygens (including phenoxy) is 2. The van der Waals surface area contributed by atoms with E-state index < -0.39 is 0 Å². The molecule has 0 aliphatic rings. The van der Waals surface area contributed by atoms with Gasteiger partial charge in [-0.1, -0.05) is 30.3 Å². The summed E-state index contributed by atoms with van der Waals surface area (Å²) in [5.74, 6) is 0. The molecule has 0 saturated heterocycles. The molecule has 19 heavy (non-hydrogen) atoms. The van der Waals surface area contributed by atoms with Gasteiger partial charge in [-0.05, 0) is 12.0 Å². The van der Waals surface area contributed by atoms with Crippen LogP contribution in [-0.4, -0.2) is 58.0 Å². The Morgan fingerprint density at radius 3 is 2.11 bits per heavy atom. The van der Waals surface area contributed by atoms with Crippen LogP contribution in [0.1, 0.15) is 5.56 Å². The van der Waals surface area contributed by atoms with Crippen LogP contribution in [0.2, 0.25) is 0 Å².